The van der Waals surface area contributed by atoms with Crippen LogP contribution in [0, 0.1) is 47.3 Å². The Bertz CT molecular complexity index is 265. The number of rotatable bonds is 2. The second kappa shape index (κ2) is 3.75. The molecule has 0 amide bonds. The molecule has 0 N–H and O–H groups in total. The number of hydrogen-bond donors (Lipinski definition) is 0. The Labute approximate surface area is 101 Å². The second-order valence-corrected chi connectivity index (χ2v) is 7.61. The first-order valence-corrected chi connectivity index (χ1v) is 7.58. The summed E-state index contributed by atoms with van der Waals surface area (Å²) < 4.78 is 0. The Hall–Kier alpha value is 0. The van der Waals surface area contributed by atoms with Crippen LogP contribution in [0.4, 0.5) is 0 Å². The van der Waals surface area contributed by atoms with E-state index in [2.05, 4.69) is 27.7 Å². The van der Waals surface area contributed by atoms with Crippen LogP contribution in [0.25, 0.3) is 0 Å². The van der Waals surface area contributed by atoms with E-state index in [1.54, 1.807) is 25.7 Å². The minimum Gasteiger partial charge on any atom is -0.0625 e. The van der Waals surface area contributed by atoms with Gasteiger partial charge in [0.2, 0.25) is 0 Å². The molecule has 0 aromatic carbocycles. The van der Waals surface area contributed by atoms with Gasteiger partial charge in [-0.25, -0.2) is 0 Å². The number of fused-ring (bicyclic) bond motifs is 5. The van der Waals surface area contributed by atoms with E-state index >= 15 is 0 Å². The first-order chi connectivity index (χ1) is 7.58. The van der Waals surface area contributed by atoms with E-state index in [1.807, 2.05) is 0 Å². The molecule has 3 aliphatic carbocycles. The summed E-state index contributed by atoms with van der Waals surface area (Å²) in [7, 11) is 0. The van der Waals surface area contributed by atoms with Gasteiger partial charge in [0.15, 0.2) is 0 Å². The molecule has 0 saturated heterocycles. The van der Waals surface area contributed by atoms with Crippen LogP contribution in [0.15, 0.2) is 0 Å². The molecule has 0 spiro atoms. The summed E-state index contributed by atoms with van der Waals surface area (Å²) in [4.78, 5) is 0. The van der Waals surface area contributed by atoms with Gasteiger partial charge < -0.3 is 0 Å². The lowest BCUT2D eigenvalue weighted by atomic mass is 9.72. The maximum absolute atomic E-state index is 2.45. The maximum Gasteiger partial charge on any atom is -0.0349 e. The highest BCUT2D eigenvalue weighted by Crippen LogP contribution is 2.64. The molecular formula is C16H28. The van der Waals surface area contributed by atoms with Crippen LogP contribution in [0.2, 0.25) is 0 Å². The van der Waals surface area contributed by atoms with Gasteiger partial charge in [0.1, 0.15) is 0 Å². The third kappa shape index (κ3) is 1.48. The molecule has 3 aliphatic rings. The fourth-order valence-electron chi connectivity index (χ4n) is 5.48. The molecule has 6 unspecified atom stereocenters. The molecule has 0 aromatic heterocycles. The lowest BCUT2D eigenvalue weighted by molar-refractivity contribution is 0.151. The van der Waals surface area contributed by atoms with Gasteiger partial charge >= 0.3 is 0 Å². The van der Waals surface area contributed by atoms with Crippen LogP contribution in [0.1, 0.15) is 53.4 Å². The van der Waals surface area contributed by atoms with Gasteiger partial charge in [-0.2, -0.15) is 0 Å². The summed E-state index contributed by atoms with van der Waals surface area (Å²) in [6, 6.07) is 0. The molecule has 16 heavy (non-hydrogen) atoms. The Morgan fingerprint density at radius 3 is 2.00 bits per heavy atom. The van der Waals surface area contributed by atoms with Crippen LogP contribution >= 0.6 is 0 Å². The molecule has 3 saturated carbocycles. The highest BCUT2D eigenvalue weighted by Gasteiger charge is 2.56. The summed E-state index contributed by atoms with van der Waals surface area (Å²) in [6.45, 7) is 9.78. The van der Waals surface area contributed by atoms with Crippen molar-refractivity contribution in [1.82, 2.24) is 0 Å². The summed E-state index contributed by atoms with van der Waals surface area (Å²) in [5.41, 5.74) is 0. The van der Waals surface area contributed by atoms with Gasteiger partial charge in [-0.15, -0.1) is 0 Å². The summed E-state index contributed by atoms with van der Waals surface area (Å²) in [5, 5.41) is 0. The minimum atomic E-state index is 0.933. The zero-order chi connectivity index (χ0) is 11.4. The van der Waals surface area contributed by atoms with Gasteiger partial charge in [0.25, 0.3) is 0 Å². The predicted octanol–water partition coefficient (Wildman–Crippen LogP) is 4.60. The van der Waals surface area contributed by atoms with Crippen molar-refractivity contribution < 1.29 is 0 Å². The molecular weight excluding hydrogens is 192 g/mol. The molecule has 0 radical (unpaired) electrons. The van der Waals surface area contributed by atoms with E-state index < -0.39 is 0 Å². The third-order valence-electron chi connectivity index (χ3n) is 6.35. The first kappa shape index (κ1) is 11.1. The highest BCUT2D eigenvalue weighted by molar-refractivity contribution is 5.05. The SMILES string of the molecule is CC(C)C1CC2C3CC(C(C)C)C(C3)C2C1. The maximum atomic E-state index is 2.45. The molecule has 0 nitrogen and oxygen atoms in total. The summed E-state index contributed by atoms with van der Waals surface area (Å²) in [6.07, 6.45) is 6.33. The average molecular weight is 220 g/mol. The van der Waals surface area contributed by atoms with Crippen molar-refractivity contribution in [1.29, 1.82) is 0 Å². The third-order valence-corrected chi connectivity index (χ3v) is 6.35. The van der Waals surface area contributed by atoms with Crippen LogP contribution in [-0.2, 0) is 0 Å². The van der Waals surface area contributed by atoms with Gasteiger partial charge in [-0.1, -0.05) is 27.7 Å². The highest BCUT2D eigenvalue weighted by atomic mass is 14.6. The molecule has 0 heteroatoms. The molecule has 2 bridgehead atoms. The Morgan fingerprint density at radius 1 is 0.688 bits per heavy atom. The fourth-order valence-corrected chi connectivity index (χ4v) is 5.48. The molecule has 3 rings (SSSR count). The van der Waals surface area contributed by atoms with E-state index in [9.17, 15) is 0 Å². The minimum absolute atomic E-state index is 0.933. The molecule has 0 heterocycles. The van der Waals surface area contributed by atoms with Crippen molar-refractivity contribution in [2.45, 2.75) is 53.4 Å². The molecule has 3 fully saturated rings. The van der Waals surface area contributed by atoms with E-state index in [4.69, 9.17) is 0 Å². The van der Waals surface area contributed by atoms with Gasteiger partial charge in [-0.3, -0.25) is 0 Å². The lowest BCUT2D eigenvalue weighted by Crippen LogP contribution is -2.27. The Kier molecular flexibility index (Phi) is 2.60. The number of hydrogen-bond acceptors (Lipinski definition) is 0. The predicted molar refractivity (Wildman–Crippen MR) is 69.1 cm³/mol. The van der Waals surface area contributed by atoms with Crippen LogP contribution < -0.4 is 0 Å². The summed E-state index contributed by atoms with van der Waals surface area (Å²) in [5.74, 6) is 8.55. The van der Waals surface area contributed by atoms with Gasteiger partial charge in [0, 0.05) is 0 Å². The molecule has 6 atom stereocenters. The molecule has 0 aromatic rings. The Balaban J connectivity index is 1.74. The standard InChI is InChI=1S/C16H28/c1-9(2)11-5-14-12-7-13(10(3)4)15(8-12)16(14)6-11/h9-16H,5-8H2,1-4H3. The topological polar surface area (TPSA) is 0 Å². The first-order valence-electron chi connectivity index (χ1n) is 7.58. The molecule has 0 aliphatic heterocycles. The van der Waals surface area contributed by atoms with E-state index in [-0.39, 0.29) is 0 Å². The van der Waals surface area contributed by atoms with Crippen molar-refractivity contribution in [2.24, 2.45) is 47.3 Å². The van der Waals surface area contributed by atoms with Gasteiger partial charge in [0.05, 0.1) is 0 Å². The zero-order valence-corrected chi connectivity index (χ0v) is 11.4. The van der Waals surface area contributed by atoms with Crippen LogP contribution in [0.5, 0.6) is 0 Å². The second-order valence-electron chi connectivity index (χ2n) is 7.61. The smallest absolute Gasteiger partial charge is 0.0349 e. The lowest BCUT2D eigenvalue weighted by Gasteiger charge is -2.33. The summed E-state index contributed by atoms with van der Waals surface area (Å²) >= 11 is 0. The zero-order valence-electron chi connectivity index (χ0n) is 11.4. The fraction of sp³-hybridized carbons (Fsp3) is 1.00. The monoisotopic (exact) mass is 220 g/mol. The van der Waals surface area contributed by atoms with E-state index in [0.717, 1.165) is 47.3 Å². The normalized spacial score (nSPS) is 50.6. The molecule has 92 valence electrons. The largest absolute Gasteiger partial charge is 0.0625 e. The average Bonchev–Trinajstić information content (AvgIpc) is 2.87. The van der Waals surface area contributed by atoms with Crippen LogP contribution in [0.3, 0.4) is 0 Å². The quantitative estimate of drug-likeness (QED) is 0.638. The van der Waals surface area contributed by atoms with Crippen molar-refractivity contribution in [3.05, 3.63) is 0 Å². The van der Waals surface area contributed by atoms with Crippen molar-refractivity contribution >= 4 is 0 Å². The van der Waals surface area contributed by atoms with Gasteiger partial charge in [-0.05, 0) is 73.0 Å². The van der Waals surface area contributed by atoms with Crippen LogP contribution in [-0.4, -0.2) is 0 Å². The van der Waals surface area contributed by atoms with Crippen molar-refractivity contribution in [3.63, 3.8) is 0 Å². The van der Waals surface area contributed by atoms with Crippen molar-refractivity contribution in [2.75, 3.05) is 0 Å². The van der Waals surface area contributed by atoms with Crippen molar-refractivity contribution in [3.8, 4) is 0 Å². The van der Waals surface area contributed by atoms with E-state index in [0.29, 0.717) is 0 Å². The van der Waals surface area contributed by atoms with E-state index in [1.165, 1.54) is 0 Å². The Morgan fingerprint density at radius 2 is 1.38 bits per heavy atom.